The van der Waals surface area contributed by atoms with Crippen LogP contribution in [-0.4, -0.2) is 25.3 Å². The van der Waals surface area contributed by atoms with Crippen LogP contribution in [0.25, 0.3) is 0 Å². The topological polar surface area (TPSA) is 55.8 Å². The van der Waals surface area contributed by atoms with E-state index in [0.29, 0.717) is 17.9 Å². The van der Waals surface area contributed by atoms with E-state index >= 15 is 0 Å². The number of carbonyl (C=O) groups is 1. The Labute approximate surface area is 149 Å². The van der Waals surface area contributed by atoms with Gasteiger partial charge in [-0.05, 0) is 41.9 Å². The van der Waals surface area contributed by atoms with Crippen molar-refractivity contribution in [2.75, 3.05) is 14.2 Å². The summed E-state index contributed by atoms with van der Waals surface area (Å²) >= 11 is 0. The molecule has 2 atom stereocenters. The van der Waals surface area contributed by atoms with Crippen LogP contribution in [0.4, 0.5) is 0 Å². The van der Waals surface area contributed by atoms with Gasteiger partial charge in [0.2, 0.25) is 0 Å². The molecule has 1 aromatic rings. The van der Waals surface area contributed by atoms with Crippen LogP contribution >= 0.6 is 0 Å². The SMILES string of the molecule is COC(=O)C1=C(O)CC[C@@]2(C)c3ccc(C(C)C)c(OC)c3CC[C@@H]12. The second-order valence-electron chi connectivity index (χ2n) is 7.73. The molecule has 2 aliphatic rings. The first-order valence-electron chi connectivity index (χ1n) is 9.05. The van der Waals surface area contributed by atoms with E-state index in [9.17, 15) is 9.90 Å². The lowest BCUT2D eigenvalue weighted by molar-refractivity contribution is -0.137. The molecule has 0 aromatic heterocycles. The number of aliphatic hydroxyl groups excluding tert-OH is 1. The molecule has 1 N–H and O–H groups in total. The van der Waals surface area contributed by atoms with Gasteiger partial charge in [0, 0.05) is 17.8 Å². The summed E-state index contributed by atoms with van der Waals surface area (Å²) < 4.78 is 10.7. The monoisotopic (exact) mass is 344 g/mol. The summed E-state index contributed by atoms with van der Waals surface area (Å²) in [6, 6.07) is 4.36. The van der Waals surface area contributed by atoms with Gasteiger partial charge in [-0.2, -0.15) is 0 Å². The smallest absolute Gasteiger partial charge is 0.337 e. The molecule has 0 fully saturated rings. The Morgan fingerprint density at radius 3 is 2.60 bits per heavy atom. The summed E-state index contributed by atoms with van der Waals surface area (Å²) in [5, 5.41) is 10.3. The number of allylic oxidation sites excluding steroid dienone is 1. The Kier molecular flexibility index (Phi) is 4.56. The number of benzene rings is 1. The Bertz CT molecular complexity index is 732. The molecule has 0 aliphatic heterocycles. The van der Waals surface area contributed by atoms with Crippen molar-refractivity contribution in [3.8, 4) is 5.75 Å². The van der Waals surface area contributed by atoms with Crippen molar-refractivity contribution < 1.29 is 19.4 Å². The van der Waals surface area contributed by atoms with Crippen LogP contribution < -0.4 is 4.74 Å². The lowest BCUT2D eigenvalue weighted by Gasteiger charge is -2.47. The van der Waals surface area contributed by atoms with Gasteiger partial charge in [0.25, 0.3) is 0 Å². The first-order valence-corrected chi connectivity index (χ1v) is 9.05. The second-order valence-corrected chi connectivity index (χ2v) is 7.73. The lowest BCUT2D eigenvalue weighted by Crippen LogP contribution is -2.43. The van der Waals surface area contributed by atoms with Crippen LogP contribution in [0.2, 0.25) is 0 Å². The molecule has 136 valence electrons. The maximum Gasteiger partial charge on any atom is 0.337 e. The molecule has 0 amide bonds. The van der Waals surface area contributed by atoms with Crippen molar-refractivity contribution in [2.24, 2.45) is 5.92 Å². The zero-order chi connectivity index (χ0) is 18.4. The van der Waals surface area contributed by atoms with Gasteiger partial charge >= 0.3 is 5.97 Å². The van der Waals surface area contributed by atoms with Crippen molar-refractivity contribution in [1.82, 2.24) is 0 Å². The van der Waals surface area contributed by atoms with Gasteiger partial charge in [-0.3, -0.25) is 0 Å². The predicted molar refractivity (Wildman–Crippen MR) is 97.2 cm³/mol. The summed E-state index contributed by atoms with van der Waals surface area (Å²) in [4.78, 5) is 12.3. The van der Waals surface area contributed by atoms with E-state index in [1.807, 2.05) is 0 Å². The molecule has 1 aromatic carbocycles. The van der Waals surface area contributed by atoms with E-state index in [-0.39, 0.29) is 17.1 Å². The van der Waals surface area contributed by atoms with Crippen molar-refractivity contribution in [2.45, 2.75) is 57.8 Å². The van der Waals surface area contributed by atoms with Gasteiger partial charge in [-0.25, -0.2) is 4.79 Å². The summed E-state index contributed by atoms with van der Waals surface area (Å²) in [7, 11) is 3.12. The van der Waals surface area contributed by atoms with Crippen LogP contribution in [0, 0.1) is 5.92 Å². The van der Waals surface area contributed by atoms with Gasteiger partial charge in [-0.1, -0.05) is 32.9 Å². The highest BCUT2D eigenvalue weighted by Crippen LogP contribution is 2.54. The highest BCUT2D eigenvalue weighted by molar-refractivity contribution is 5.90. The van der Waals surface area contributed by atoms with Crippen LogP contribution in [0.15, 0.2) is 23.5 Å². The number of methoxy groups -OCH3 is 2. The largest absolute Gasteiger partial charge is 0.512 e. The van der Waals surface area contributed by atoms with E-state index < -0.39 is 5.97 Å². The number of ether oxygens (including phenoxy) is 2. The molecule has 4 heteroatoms. The first-order chi connectivity index (χ1) is 11.8. The number of aliphatic hydroxyl groups is 1. The molecule has 0 saturated carbocycles. The highest BCUT2D eigenvalue weighted by Gasteiger charge is 2.48. The van der Waals surface area contributed by atoms with Gasteiger partial charge in [0.05, 0.1) is 19.8 Å². The van der Waals surface area contributed by atoms with E-state index in [1.165, 1.54) is 23.8 Å². The maximum atomic E-state index is 12.3. The minimum atomic E-state index is -0.400. The summed E-state index contributed by atoms with van der Waals surface area (Å²) in [5.41, 5.74) is 4.02. The van der Waals surface area contributed by atoms with Crippen LogP contribution in [0.5, 0.6) is 5.75 Å². The minimum Gasteiger partial charge on any atom is -0.512 e. The molecule has 0 saturated heterocycles. The predicted octanol–water partition coefficient (Wildman–Crippen LogP) is 4.42. The van der Waals surface area contributed by atoms with E-state index in [1.54, 1.807) is 7.11 Å². The Hall–Kier alpha value is -1.97. The Morgan fingerprint density at radius 1 is 1.28 bits per heavy atom. The molecule has 3 rings (SSSR count). The van der Waals surface area contributed by atoms with Gasteiger partial charge in [0.1, 0.15) is 11.5 Å². The normalized spacial score (nSPS) is 25.4. The second kappa shape index (κ2) is 6.40. The number of esters is 1. The molecule has 25 heavy (non-hydrogen) atoms. The Morgan fingerprint density at radius 2 is 2.00 bits per heavy atom. The summed E-state index contributed by atoms with van der Waals surface area (Å²) in [6.45, 7) is 6.56. The average molecular weight is 344 g/mol. The fraction of sp³-hybridized carbons (Fsp3) is 0.571. The lowest BCUT2D eigenvalue weighted by atomic mass is 9.57. The number of hydrogen-bond acceptors (Lipinski definition) is 4. The van der Waals surface area contributed by atoms with Crippen LogP contribution in [0.1, 0.15) is 62.6 Å². The van der Waals surface area contributed by atoms with Gasteiger partial charge in [-0.15, -0.1) is 0 Å². The van der Waals surface area contributed by atoms with Gasteiger partial charge in [0.15, 0.2) is 0 Å². The number of hydrogen-bond donors (Lipinski definition) is 1. The quantitative estimate of drug-likeness (QED) is 0.825. The fourth-order valence-corrected chi connectivity index (χ4v) is 4.78. The molecule has 0 unspecified atom stereocenters. The molecule has 2 aliphatic carbocycles. The first kappa shape index (κ1) is 17.8. The third-order valence-corrected chi connectivity index (χ3v) is 6.13. The fourth-order valence-electron chi connectivity index (χ4n) is 4.78. The molecular formula is C21H28O4. The molecule has 0 heterocycles. The number of rotatable bonds is 3. The Balaban J connectivity index is 2.15. The zero-order valence-corrected chi connectivity index (χ0v) is 15.8. The molecule has 4 nitrogen and oxygen atoms in total. The zero-order valence-electron chi connectivity index (χ0n) is 15.8. The minimum absolute atomic E-state index is 0.0178. The van der Waals surface area contributed by atoms with E-state index in [0.717, 1.165) is 25.0 Å². The molecule has 0 spiro atoms. The molecule has 0 radical (unpaired) electrons. The molecule has 0 bridgehead atoms. The standard InChI is InChI=1S/C21H28O4/c1-12(2)13-6-8-15-14(19(13)24-4)7-9-16-18(20(23)25-5)17(22)10-11-21(15,16)3/h6,8,12,16,22H,7,9-11H2,1-5H3/t16-,21-/m0/s1. The third kappa shape index (κ3) is 2.62. The van der Waals surface area contributed by atoms with Crippen molar-refractivity contribution in [3.05, 3.63) is 40.2 Å². The van der Waals surface area contributed by atoms with E-state index in [2.05, 4.69) is 32.9 Å². The highest BCUT2D eigenvalue weighted by atomic mass is 16.5. The summed E-state index contributed by atoms with van der Waals surface area (Å²) in [6.07, 6.45) is 2.98. The average Bonchev–Trinajstić information content (AvgIpc) is 2.60. The van der Waals surface area contributed by atoms with Crippen LogP contribution in [-0.2, 0) is 21.4 Å². The van der Waals surface area contributed by atoms with Crippen molar-refractivity contribution in [1.29, 1.82) is 0 Å². The molecular weight excluding hydrogens is 316 g/mol. The maximum absolute atomic E-state index is 12.3. The van der Waals surface area contributed by atoms with Crippen molar-refractivity contribution >= 4 is 5.97 Å². The van der Waals surface area contributed by atoms with Crippen LogP contribution in [0.3, 0.4) is 0 Å². The van der Waals surface area contributed by atoms with Gasteiger partial charge < -0.3 is 14.6 Å². The van der Waals surface area contributed by atoms with E-state index in [4.69, 9.17) is 9.47 Å². The number of fused-ring (bicyclic) bond motifs is 3. The van der Waals surface area contributed by atoms with Crippen molar-refractivity contribution in [3.63, 3.8) is 0 Å². The third-order valence-electron chi connectivity index (χ3n) is 6.13. The summed E-state index contributed by atoms with van der Waals surface area (Å²) in [5.74, 6) is 1.17. The number of carbonyl (C=O) groups excluding carboxylic acids is 1.